The van der Waals surface area contributed by atoms with Crippen LogP contribution in [-0.2, 0) is 9.59 Å². The van der Waals surface area contributed by atoms with Gasteiger partial charge in [0.15, 0.2) is 0 Å². The molecular formula is C25H21ClN2O3S. The predicted molar refractivity (Wildman–Crippen MR) is 129 cm³/mol. The smallest absolute Gasteiger partial charge is 0.283 e. The van der Waals surface area contributed by atoms with Gasteiger partial charge in [-0.2, -0.15) is 0 Å². The van der Waals surface area contributed by atoms with E-state index >= 15 is 0 Å². The molecule has 3 aromatic rings. The van der Waals surface area contributed by atoms with E-state index in [4.69, 9.17) is 16.3 Å². The summed E-state index contributed by atoms with van der Waals surface area (Å²) in [7, 11) is 0. The molecule has 0 saturated carbocycles. The summed E-state index contributed by atoms with van der Waals surface area (Å²) in [6.07, 6.45) is 0. The standard InChI is InChI=1S/C25H21ClN2O3S/c1-3-31-19-12-10-18(11-13-19)28-24(29)22(27-21-7-5-4-6-16(21)2)23(25(28)30)32-20-14-8-17(26)9-15-20/h4-15,27H,3H2,1-2H3. The summed E-state index contributed by atoms with van der Waals surface area (Å²) in [5.74, 6) is -0.105. The van der Waals surface area contributed by atoms with E-state index < -0.39 is 5.91 Å². The number of benzene rings is 3. The molecule has 1 aliphatic rings. The molecule has 4 rings (SSSR count). The SMILES string of the molecule is CCOc1ccc(N2C(=O)C(Nc3ccccc3C)=C(Sc3ccc(Cl)cc3)C2=O)cc1. The maximum Gasteiger partial charge on any atom is 0.283 e. The zero-order valence-corrected chi connectivity index (χ0v) is 19.2. The lowest BCUT2D eigenvalue weighted by Crippen LogP contribution is -2.32. The number of ether oxygens (including phenoxy) is 1. The number of imide groups is 1. The number of nitrogens with one attached hydrogen (secondary N) is 1. The van der Waals surface area contributed by atoms with Crippen molar-refractivity contribution in [1.29, 1.82) is 0 Å². The van der Waals surface area contributed by atoms with Crippen LogP contribution in [0.15, 0.2) is 88.3 Å². The molecule has 1 N–H and O–H groups in total. The number of carbonyl (C=O) groups is 2. The van der Waals surface area contributed by atoms with Gasteiger partial charge >= 0.3 is 0 Å². The second-order valence-corrected chi connectivity index (χ2v) is 8.59. The molecule has 0 aromatic heterocycles. The second kappa shape index (κ2) is 9.51. The second-order valence-electron chi connectivity index (χ2n) is 7.07. The first kappa shape index (κ1) is 22.0. The summed E-state index contributed by atoms with van der Waals surface area (Å²) >= 11 is 7.24. The highest BCUT2D eigenvalue weighted by Crippen LogP contribution is 2.38. The van der Waals surface area contributed by atoms with E-state index in [0.29, 0.717) is 28.0 Å². The topological polar surface area (TPSA) is 58.6 Å². The van der Waals surface area contributed by atoms with Crippen LogP contribution < -0.4 is 15.0 Å². The Labute approximate surface area is 196 Å². The van der Waals surface area contributed by atoms with Crippen LogP contribution in [0.2, 0.25) is 5.02 Å². The highest BCUT2D eigenvalue weighted by molar-refractivity contribution is 8.04. The minimum Gasteiger partial charge on any atom is -0.494 e. The molecule has 0 atom stereocenters. The number of aryl methyl sites for hydroxylation is 1. The fraction of sp³-hybridized carbons (Fsp3) is 0.120. The van der Waals surface area contributed by atoms with Crippen LogP contribution in [0.25, 0.3) is 0 Å². The van der Waals surface area contributed by atoms with Crippen molar-refractivity contribution in [2.24, 2.45) is 0 Å². The molecule has 0 radical (unpaired) electrons. The van der Waals surface area contributed by atoms with Crippen molar-refractivity contribution >= 4 is 46.6 Å². The first-order valence-corrected chi connectivity index (χ1v) is 11.3. The summed E-state index contributed by atoms with van der Waals surface area (Å²) in [4.78, 5) is 29.2. The first-order valence-electron chi connectivity index (χ1n) is 10.1. The van der Waals surface area contributed by atoms with Crippen molar-refractivity contribution in [3.8, 4) is 5.75 Å². The molecule has 0 spiro atoms. The van der Waals surface area contributed by atoms with E-state index in [9.17, 15) is 9.59 Å². The predicted octanol–water partition coefficient (Wildman–Crippen LogP) is 6.04. The molecule has 32 heavy (non-hydrogen) atoms. The zero-order valence-electron chi connectivity index (χ0n) is 17.6. The van der Waals surface area contributed by atoms with Crippen LogP contribution >= 0.6 is 23.4 Å². The van der Waals surface area contributed by atoms with E-state index in [2.05, 4.69) is 5.32 Å². The lowest BCUT2D eigenvalue weighted by molar-refractivity contribution is -0.120. The number of nitrogens with zero attached hydrogens (tertiary/aromatic N) is 1. The Balaban J connectivity index is 1.71. The molecule has 5 nitrogen and oxygen atoms in total. The number of carbonyl (C=O) groups excluding carboxylic acids is 2. The number of amides is 2. The maximum atomic E-state index is 13.4. The third-order valence-corrected chi connectivity index (χ3v) is 6.23. The minimum atomic E-state index is -0.404. The van der Waals surface area contributed by atoms with Gasteiger partial charge < -0.3 is 10.1 Å². The van der Waals surface area contributed by atoms with Gasteiger partial charge in [0.1, 0.15) is 16.4 Å². The van der Waals surface area contributed by atoms with Crippen LogP contribution in [0.5, 0.6) is 5.75 Å². The molecule has 0 fully saturated rings. The fourth-order valence-corrected chi connectivity index (χ4v) is 4.33. The molecule has 3 aromatic carbocycles. The molecule has 1 aliphatic heterocycles. The van der Waals surface area contributed by atoms with Crippen LogP contribution in [0, 0.1) is 6.92 Å². The zero-order chi connectivity index (χ0) is 22.7. The molecule has 0 unspecified atom stereocenters. The molecule has 0 aliphatic carbocycles. The van der Waals surface area contributed by atoms with Crippen LogP contribution in [0.3, 0.4) is 0 Å². The van der Waals surface area contributed by atoms with Crippen LogP contribution in [-0.4, -0.2) is 18.4 Å². The average Bonchev–Trinajstić information content (AvgIpc) is 3.01. The molecular weight excluding hydrogens is 444 g/mol. The van der Waals surface area contributed by atoms with E-state index in [0.717, 1.165) is 16.1 Å². The highest BCUT2D eigenvalue weighted by atomic mass is 35.5. The van der Waals surface area contributed by atoms with Gasteiger partial charge in [-0.15, -0.1) is 0 Å². The lowest BCUT2D eigenvalue weighted by Gasteiger charge is -2.16. The quantitative estimate of drug-likeness (QED) is 0.432. The lowest BCUT2D eigenvalue weighted by atomic mass is 10.2. The number of rotatable bonds is 7. The highest BCUT2D eigenvalue weighted by Gasteiger charge is 2.40. The van der Waals surface area contributed by atoms with Crippen molar-refractivity contribution in [2.45, 2.75) is 18.7 Å². The Morgan fingerprint density at radius 3 is 2.28 bits per heavy atom. The first-order chi connectivity index (χ1) is 15.5. The van der Waals surface area contributed by atoms with Gasteiger partial charge in [0.2, 0.25) is 0 Å². The maximum absolute atomic E-state index is 13.4. The molecule has 7 heteroatoms. The summed E-state index contributed by atoms with van der Waals surface area (Å²) in [6, 6.07) is 21.7. The Kier molecular flexibility index (Phi) is 6.53. The van der Waals surface area contributed by atoms with Gasteiger partial charge in [-0.3, -0.25) is 9.59 Å². The van der Waals surface area contributed by atoms with Gasteiger partial charge in [0.25, 0.3) is 11.8 Å². The van der Waals surface area contributed by atoms with Crippen molar-refractivity contribution in [2.75, 3.05) is 16.8 Å². The van der Waals surface area contributed by atoms with E-state index in [1.807, 2.05) is 50.2 Å². The fourth-order valence-electron chi connectivity index (χ4n) is 3.28. The molecule has 2 amide bonds. The molecule has 0 bridgehead atoms. The molecule has 1 heterocycles. The van der Waals surface area contributed by atoms with E-state index in [1.165, 1.54) is 16.7 Å². The Hall–Kier alpha value is -3.22. The largest absolute Gasteiger partial charge is 0.494 e. The summed E-state index contributed by atoms with van der Waals surface area (Å²) in [5, 5.41) is 3.80. The summed E-state index contributed by atoms with van der Waals surface area (Å²) < 4.78 is 5.47. The monoisotopic (exact) mass is 464 g/mol. The normalized spacial score (nSPS) is 13.7. The number of para-hydroxylation sites is 1. The Morgan fingerprint density at radius 2 is 1.62 bits per heavy atom. The van der Waals surface area contributed by atoms with Crippen molar-refractivity contribution < 1.29 is 14.3 Å². The summed E-state index contributed by atoms with van der Waals surface area (Å²) in [5.41, 5.74) is 2.47. The average molecular weight is 465 g/mol. The molecule has 0 saturated heterocycles. The van der Waals surface area contributed by atoms with Gasteiger partial charge in [-0.05, 0) is 74.0 Å². The van der Waals surface area contributed by atoms with Crippen LogP contribution in [0.1, 0.15) is 12.5 Å². The number of halogens is 1. The number of hydrogen-bond donors (Lipinski definition) is 1. The van der Waals surface area contributed by atoms with Crippen molar-refractivity contribution in [1.82, 2.24) is 0 Å². The van der Waals surface area contributed by atoms with E-state index in [-0.39, 0.29) is 11.6 Å². The van der Waals surface area contributed by atoms with E-state index in [1.54, 1.807) is 36.4 Å². The van der Waals surface area contributed by atoms with Crippen molar-refractivity contribution in [3.05, 3.63) is 94.0 Å². The number of anilines is 2. The van der Waals surface area contributed by atoms with Gasteiger partial charge in [0, 0.05) is 15.6 Å². The number of thioether (sulfide) groups is 1. The van der Waals surface area contributed by atoms with Gasteiger partial charge in [-0.25, -0.2) is 4.90 Å². The van der Waals surface area contributed by atoms with Gasteiger partial charge in [-0.1, -0.05) is 41.6 Å². The van der Waals surface area contributed by atoms with Crippen molar-refractivity contribution in [3.63, 3.8) is 0 Å². The third-order valence-electron chi connectivity index (χ3n) is 4.89. The number of hydrogen-bond acceptors (Lipinski definition) is 5. The Bertz CT molecular complexity index is 1190. The Morgan fingerprint density at radius 1 is 0.938 bits per heavy atom. The van der Waals surface area contributed by atoms with Gasteiger partial charge in [0.05, 0.1) is 12.3 Å². The minimum absolute atomic E-state index is 0.248. The third kappa shape index (κ3) is 4.52. The van der Waals surface area contributed by atoms with Crippen LogP contribution in [0.4, 0.5) is 11.4 Å². The summed E-state index contributed by atoms with van der Waals surface area (Å²) in [6.45, 7) is 4.38. The molecule has 162 valence electrons.